The Bertz CT molecular complexity index is 352. The van der Waals surface area contributed by atoms with Gasteiger partial charge in [0.1, 0.15) is 6.61 Å². The average molecular weight is 263 g/mol. The van der Waals surface area contributed by atoms with Gasteiger partial charge in [-0.3, -0.25) is 9.52 Å². The third-order valence-electron chi connectivity index (χ3n) is 3.09. The number of carbonyl (C=O) groups excluding carboxylic acids is 1. The number of ether oxygens (including phenoxy) is 1. The summed E-state index contributed by atoms with van der Waals surface area (Å²) in [5.74, 6) is -0.0947. The molecule has 1 N–H and O–H groups in total. The molecule has 1 amide bonds. The lowest BCUT2D eigenvalue weighted by Gasteiger charge is -2.30. The Morgan fingerprint density at radius 1 is 1.35 bits per heavy atom. The number of hydrogen-bond acceptors (Lipinski definition) is 4. The van der Waals surface area contributed by atoms with Gasteiger partial charge < -0.3 is 4.74 Å². The molecule has 17 heavy (non-hydrogen) atoms. The first kappa shape index (κ1) is 14.4. The highest BCUT2D eigenvalue weighted by Gasteiger charge is 2.25. The summed E-state index contributed by atoms with van der Waals surface area (Å²) >= 11 is 0. The van der Waals surface area contributed by atoms with E-state index < -0.39 is 15.9 Å². The predicted molar refractivity (Wildman–Crippen MR) is 65.0 cm³/mol. The Kier molecular flexibility index (Phi) is 5.39. The highest BCUT2D eigenvalue weighted by molar-refractivity contribution is 7.89. The highest BCUT2D eigenvalue weighted by atomic mass is 32.2. The Balaban J connectivity index is 2.36. The van der Waals surface area contributed by atoms with Crippen LogP contribution in [-0.4, -0.2) is 33.3 Å². The summed E-state index contributed by atoms with van der Waals surface area (Å²) in [6.07, 6.45) is 6.53. The van der Waals surface area contributed by atoms with Gasteiger partial charge >= 0.3 is 0 Å². The molecule has 0 aromatic rings. The van der Waals surface area contributed by atoms with Crippen LogP contribution in [0.3, 0.4) is 0 Å². The van der Waals surface area contributed by atoms with Crippen molar-refractivity contribution in [2.45, 2.75) is 45.1 Å². The summed E-state index contributed by atoms with van der Waals surface area (Å²) in [6.45, 7) is 1.94. The van der Waals surface area contributed by atoms with Crippen LogP contribution in [0.2, 0.25) is 0 Å². The van der Waals surface area contributed by atoms with Crippen molar-refractivity contribution in [2.75, 3.05) is 12.9 Å². The van der Waals surface area contributed by atoms with Gasteiger partial charge in [0, 0.05) is 0 Å². The third kappa shape index (κ3) is 5.50. The van der Waals surface area contributed by atoms with Gasteiger partial charge in [-0.1, -0.05) is 26.2 Å². The summed E-state index contributed by atoms with van der Waals surface area (Å²) in [6, 6.07) is 0. The summed E-state index contributed by atoms with van der Waals surface area (Å²) in [4.78, 5) is 11.3. The second-order valence-corrected chi connectivity index (χ2v) is 6.35. The number of sulfonamides is 1. The van der Waals surface area contributed by atoms with Gasteiger partial charge in [-0.2, -0.15) is 0 Å². The Hall–Kier alpha value is -0.620. The molecule has 1 aliphatic carbocycles. The Morgan fingerprint density at radius 3 is 2.59 bits per heavy atom. The molecule has 2 unspecified atom stereocenters. The van der Waals surface area contributed by atoms with E-state index >= 15 is 0 Å². The topological polar surface area (TPSA) is 72.5 Å². The molecule has 0 saturated heterocycles. The molecule has 0 bridgehead atoms. The molecule has 2 atom stereocenters. The molecule has 1 rings (SSSR count). The van der Waals surface area contributed by atoms with Crippen LogP contribution in [0, 0.1) is 5.92 Å². The monoisotopic (exact) mass is 263 g/mol. The van der Waals surface area contributed by atoms with Crippen LogP contribution in [0.15, 0.2) is 0 Å². The minimum atomic E-state index is -3.47. The largest absolute Gasteiger partial charge is 0.368 e. The lowest BCUT2D eigenvalue weighted by Crippen LogP contribution is -2.36. The number of rotatable bonds is 5. The first-order chi connectivity index (χ1) is 7.92. The van der Waals surface area contributed by atoms with Crippen LogP contribution in [0.25, 0.3) is 0 Å². The normalized spacial score (nSPS) is 25.5. The van der Waals surface area contributed by atoms with Crippen LogP contribution in [0.1, 0.15) is 39.0 Å². The molecule has 1 fully saturated rings. The lowest BCUT2D eigenvalue weighted by molar-refractivity contribution is -0.128. The van der Waals surface area contributed by atoms with E-state index in [-0.39, 0.29) is 12.7 Å². The fourth-order valence-corrected chi connectivity index (χ4v) is 2.75. The first-order valence-electron chi connectivity index (χ1n) is 6.04. The SMILES string of the molecule is CCC1CCCCC1OCC(=O)NS(C)(=O)=O. The number of amides is 1. The second kappa shape index (κ2) is 6.35. The van der Waals surface area contributed by atoms with Crippen molar-refractivity contribution in [1.29, 1.82) is 0 Å². The maximum atomic E-state index is 11.3. The van der Waals surface area contributed by atoms with E-state index in [2.05, 4.69) is 6.92 Å². The molecule has 0 spiro atoms. The fourth-order valence-electron chi connectivity index (χ4n) is 2.28. The molecule has 0 aromatic heterocycles. The Morgan fingerprint density at radius 2 is 2.00 bits per heavy atom. The smallest absolute Gasteiger partial charge is 0.259 e. The first-order valence-corrected chi connectivity index (χ1v) is 7.93. The van der Waals surface area contributed by atoms with Gasteiger partial charge in [-0.05, 0) is 18.8 Å². The minimum Gasteiger partial charge on any atom is -0.368 e. The minimum absolute atomic E-state index is 0.0964. The molecule has 0 heterocycles. The van der Waals surface area contributed by atoms with Crippen molar-refractivity contribution < 1.29 is 17.9 Å². The zero-order valence-corrected chi connectivity index (χ0v) is 11.3. The van der Waals surface area contributed by atoms with E-state index in [0.29, 0.717) is 5.92 Å². The second-order valence-electron chi connectivity index (χ2n) is 4.60. The van der Waals surface area contributed by atoms with E-state index in [9.17, 15) is 13.2 Å². The van der Waals surface area contributed by atoms with Gasteiger partial charge in [0.25, 0.3) is 5.91 Å². The van der Waals surface area contributed by atoms with Crippen molar-refractivity contribution in [2.24, 2.45) is 5.92 Å². The maximum Gasteiger partial charge on any atom is 0.259 e. The van der Waals surface area contributed by atoms with Crippen molar-refractivity contribution in [3.63, 3.8) is 0 Å². The molecular formula is C11H21NO4S. The quantitative estimate of drug-likeness (QED) is 0.804. The molecule has 100 valence electrons. The molecule has 0 aromatic carbocycles. The van der Waals surface area contributed by atoms with Gasteiger partial charge in [-0.15, -0.1) is 0 Å². The molecule has 5 nitrogen and oxygen atoms in total. The standard InChI is InChI=1S/C11H21NO4S/c1-3-9-6-4-5-7-10(9)16-8-11(13)12-17(2,14)15/h9-10H,3-8H2,1-2H3,(H,12,13). The van der Waals surface area contributed by atoms with Crippen molar-refractivity contribution in [1.82, 2.24) is 4.72 Å². The highest BCUT2D eigenvalue weighted by Crippen LogP contribution is 2.28. The summed E-state index contributed by atoms with van der Waals surface area (Å²) in [5.41, 5.74) is 0. The van der Waals surface area contributed by atoms with Crippen LogP contribution in [-0.2, 0) is 19.6 Å². The molecular weight excluding hydrogens is 242 g/mol. The lowest BCUT2D eigenvalue weighted by atomic mass is 9.85. The zero-order valence-electron chi connectivity index (χ0n) is 10.4. The van der Waals surface area contributed by atoms with Crippen molar-refractivity contribution in [3.8, 4) is 0 Å². The fraction of sp³-hybridized carbons (Fsp3) is 0.909. The van der Waals surface area contributed by atoms with E-state index in [0.717, 1.165) is 31.9 Å². The van der Waals surface area contributed by atoms with Crippen LogP contribution in [0.5, 0.6) is 0 Å². The zero-order chi connectivity index (χ0) is 12.9. The predicted octanol–water partition coefficient (Wildman–Crippen LogP) is 1.05. The van der Waals surface area contributed by atoms with Crippen molar-refractivity contribution in [3.05, 3.63) is 0 Å². The average Bonchev–Trinajstić information content (AvgIpc) is 2.24. The van der Waals surface area contributed by atoms with Crippen LogP contribution >= 0.6 is 0 Å². The summed E-state index contributed by atoms with van der Waals surface area (Å²) < 4.78 is 29.1. The molecule has 0 aliphatic heterocycles. The molecule has 0 radical (unpaired) electrons. The third-order valence-corrected chi connectivity index (χ3v) is 3.69. The molecule has 1 aliphatic rings. The van der Waals surface area contributed by atoms with Crippen LogP contribution in [0.4, 0.5) is 0 Å². The van der Waals surface area contributed by atoms with E-state index in [4.69, 9.17) is 4.74 Å². The number of hydrogen-bond donors (Lipinski definition) is 1. The van der Waals surface area contributed by atoms with E-state index in [1.54, 1.807) is 0 Å². The van der Waals surface area contributed by atoms with Gasteiger partial charge in [0.15, 0.2) is 0 Å². The summed E-state index contributed by atoms with van der Waals surface area (Å²) in [7, 11) is -3.47. The van der Waals surface area contributed by atoms with Gasteiger partial charge in [0.05, 0.1) is 12.4 Å². The molecule has 1 saturated carbocycles. The van der Waals surface area contributed by atoms with Crippen molar-refractivity contribution >= 4 is 15.9 Å². The van der Waals surface area contributed by atoms with Gasteiger partial charge in [0.2, 0.25) is 10.0 Å². The number of nitrogens with one attached hydrogen (secondary N) is 1. The van der Waals surface area contributed by atoms with Crippen LogP contribution < -0.4 is 4.72 Å². The summed E-state index contributed by atoms with van der Waals surface area (Å²) in [5, 5.41) is 0. The maximum absolute atomic E-state index is 11.3. The number of carbonyl (C=O) groups is 1. The van der Waals surface area contributed by atoms with Gasteiger partial charge in [-0.25, -0.2) is 8.42 Å². The van der Waals surface area contributed by atoms with E-state index in [1.165, 1.54) is 6.42 Å². The van der Waals surface area contributed by atoms with E-state index in [1.807, 2.05) is 4.72 Å². The Labute approximate surface area is 103 Å². The molecule has 6 heteroatoms.